The summed E-state index contributed by atoms with van der Waals surface area (Å²) in [6.07, 6.45) is -3.28. The standard InChI is InChI=1S/C25H17Cl2F4NO3.Na/c26-15-5-7-23(35-12-13-4-6-16(28)11-20(13)27)19(10-15)17-2-1-3-18(17)21-8-14(25(29,30)31)9-22(32-21)24(33)34;/h4-11H,1-3,12H2,(H,33,34);/q;+1/p-1. The number of hydrogen-bond donors (Lipinski definition) is 0. The average molecular weight is 548 g/mol. The summed E-state index contributed by atoms with van der Waals surface area (Å²) >= 11 is 12.3. The summed E-state index contributed by atoms with van der Waals surface area (Å²) in [4.78, 5) is 15.3. The van der Waals surface area contributed by atoms with Gasteiger partial charge in [0.15, 0.2) is 0 Å². The number of nitrogens with zero attached hydrogens (tertiary/aromatic N) is 1. The van der Waals surface area contributed by atoms with Crippen LogP contribution in [0.2, 0.25) is 10.0 Å². The first-order valence-corrected chi connectivity index (χ1v) is 11.2. The fraction of sp³-hybridized carbons (Fsp3) is 0.200. The van der Waals surface area contributed by atoms with Gasteiger partial charge in [-0.25, -0.2) is 9.37 Å². The van der Waals surface area contributed by atoms with Gasteiger partial charge in [-0.2, -0.15) is 13.2 Å². The average Bonchev–Trinajstić information content (AvgIpc) is 3.28. The van der Waals surface area contributed by atoms with Gasteiger partial charge in [0.1, 0.15) is 18.2 Å². The van der Waals surface area contributed by atoms with Gasteiger partial charge in [0.2, 0.25) is 0 Å². The van der Waals surface area contributed by atoms with Crippen molar-refractivity contribution < 1.29 is 61.8 Å². The smallest absolute Gasteiger partial charge is 0.543 e. The third-order valence-corrected chi connectivity index (χ3v) is 6.14. The van der Waals surface area contributed by atoms with E-state index in [4.69, 9.17) is 27.9 Å². The third kappa shape index (κ3) is 6.42. The van der Waals surface area contributed by atoms with Crippen molar-refractivity contribution >= 4 is 40.3 Å². The van der Waals surface area contributed by atoms with Gasteiger partial charge in [-0.05, 0) is 72.9 Å². The number of allylic oxidation sites excluding steroid dienone is 2. The van der Waals surface area contributed by atoms with Crippen LogP contribution in [0.4, 0.5) is 17.6 Å². The van der Waals surface area contributed by atoms with E-state index in [9.17, 15) is 27.5 Å². The van der Waals surface area contributed by atoms with Gasteiger partial charge in [0.05, 0.1) is 27.9 Å². The molecule has 1 aliphatic rings. The van der Waals surface area contributed by atoms with Crippen molar-refractivity contribution in [2.24, 2.45) is 0 Å². The van der Waals surface area contributed by atoms with E-state index in [-0.39, 0.29) is 46.9 Å². The summed E-state index contributed by atoms with van der Waals surface area (Å²) in [5.74, 6) is -1.91. The quantitative estimate of drug-likeness (QED) is 0.349. The minimum absolute atomic E-state index is 0. The molecule has 0 unspecified atom stereocenters. The van der Waals surface area contributed by atoms with Crippen molar-refractivity contribution in [3.63, 3.8) is 0 Å². The molecular weight excluding hydrogens is 532 g/mol. The number of rotatable bonds is 6. The van der Waals surface area contributed by atoms with E-state index in [1.807, 2.05) is 0 Å². The first-order valence-electron chi connectivity index (χ1n) is 10.4. The molecule has 0 N–H and O–H groups in total. The maximum atomic E-state index is 13.4. The number of carboxylic acids is 1. The maximum absolute atomic E-state index is 13.4. The molecule has 0 saturated heterocycles. The molecule has 0 spiro atoms. The van der Waals surface area contributed by atoms with E-state index in [1.165, 1.54) is 12.1 Å². The van der Waals surface area contributed by atoms with Gasteiger partial charge in [-0.1, -0.05) is 29.3 Å². The summed E-state index contributed by atoms with van der Waals surface area (Å²) in [5.41, 5.74) is 0.148. The van der Waals surface area contributed by atoms with Gasteiger partial charge in [0, 0.05) is 16.1 Å². The predicted molar refractivity (Wildman–Crippen MR) is 121 cm³/mol. The second kappa shape index (κ2) is 11.5. The molecule has 0 bridgehead atoms. The van der Waals surface area contributed by atoms with Crippen molar-refractivity contribution in [1.82, 2.24) is 4.98 Å². The van der Waals surface area contributed by atoms with Crippen LogP contribution in [0.3, 0.4) is 0 Å². The molecule has 1 aliphatic carbocycles. The predicted octanol–water partition coefficient (Wildman–Crippen LogP) is 3.59. The van der Waals surface area contributed by atoms with E-state index >= 15 is 0 Å². The van der Waals surface area contributed by atoms with Crippen molar-refractivity contribution in [2.75, 3.05) is 0 Å². The monoisotopic (exact) mass is 547 g/mol. The topological polar surface area (TPSA) is 62.2 Å². The van der Waals surface area contributed by atoms with Crippen LogP contribution in [0, 0.1) is 5.82 Å². The van der Waals surface area contributed by atoms with Crippen molar-refractivity contribution in [2.45, 2.75) is 32.0 Å². The van der Waals surface area contributed by atoms with Crippen LogP contribution in [0.5, 0.6) is 5.75 Å². The molecule has 0 aliphatic heterocycles. The first kappa shape index (κ1) is 28.5. The first-order chi connectivity index (χ1) is 16.5. The number of carboxylic acid groups (broad SMARTS) is 1. The molecule has 1 heterocycles. The van der Waals surface area contributed by atoms with Crippen LogP contribution in [0.1, 0.15) is 52.1 Å². The second-order valence-electron chi connectivity index (χ2n) is 7.89. The van der Waals surface area contributed by atoms with E-state index in [0.717, 1.165) is 12.1 Å². The van der Waals surface area contributed by atoms with Crippen LogP contribution < -0.4 is 39.4 Å². The van der Waals surface area contributed by atoms with Gasteiger partial charge in [-0.15, -0.1) is 0 Å². The summed E-state index contributed by atoms with van der Waals surface area (Å²) in [6, 6.07) is 10.0. The molecule has 182 valence electrons. The molecule has 36 heavy (non-hydrogen) atoms. The Balaban J connectivity index is 0.00000361. The number of carbonyl (C=O) groups excluding carboxylic acids is 1. The Kier molecular flexibility index (Phi) is 9.11. The molecule has 0 saturated carbocycles. The molecule has 11 heteroatoms. The summed E-state index contributed by atoms with van der Waals surface area (Å²) in [6.45, 7) is 0.00694. The minimum atomic E-state index is -4.76. The van der Waals surface area contributed by atoms with Gasteiger partial charge < -0.3 is 14.6 Å². The van der Waals surface area contributed by atoms with Crippen LogP contribution in [0.15, 0.2) is 48.5 Å². The van der Waals surface area contributed by atoms with Gasteiger partial charge >= 0.3 is 35.7 Å². The molecule has 1 aromatic heterocycles. The Labute approximate surface area is 236 Å². The number of aromatic carboxylic acids is 1. The minimum Gasteiger partial charge on any atom is -0.543 e. The maximum Gasteiger partial charge on any atom is 1.00 e. The van der Waals surface area contributed by atoms with E-state index in [1.54, 1.807) is 18.2 Å². The second-order valence-corrected chi connectivity index (χ2v) is 8.73. The molecule has 0 radical (unpaired) electrons. The van der Waals surface area contributed by atoms with Crippen LogP contribution >= 0.6 is 23.2 Å². The van der Waals surface area contributed by atoms with Gasteiger partial charge in [0.25, 0.3) is 0 Å². The number of pyridine rings is 1. The van der Waals surface area contributed by atoms with E-state index in [0.29, 0.717) is 58.4 Å². The number of benzene rings is 2. The zero-order chi connectivity index (χ0) is 25.3. The molecule has 3 aromatic rings. The molecule has 0 fully saturated rings. The molecule has 4 rings (SSSR count). The van der Waals surface area contributed by atoms with Crippen LogP contribution in [0.25, 0.3) is 11.1 Å². The molecule has 0 amide bonds. The molecule has 0 atom stereocenters. The Morgan fingerprint density at radius 2 is 1.75 bits per heavy atom. The van der Waals surface area contributed by atoms with Crippen molar-refractivity contribution in [3.8, 4) is 5.75 Å². The number of aromatic nitrogens is 1. The number of alkyl halides is 3. The Hall–Kier alpha value is -2.10. The Bertz CT molecular complexity index is 1350. The zero-order valence-corrected chi connectivity index (χ0v) is 22.4. The number of carbonyl (C=O) groups is 1. The molecular formula is C25H16Cl2F4NNaO3. The Morgan fingerprint density at radius 1 is 1.03 bits per heavy atom. The normalized spacial score (nSPS) is 13.5. The largest absolute Gasteiger partial charge is 1.00 e. The zero-order valence-electron chi connectivity index (χ0n) is 18.9. The van der Waals surface area contributed by atoms with E-state index in [2.05, 4.69) is 4.98 Å². The summed E-state index contributed by atoms with van der Waals surface area (Å²) < 4.78 is 59.6. The number of hydrogen-bond acceptors (Lipinski definition) is 4. The van der Waals surface area contributed by atoms with E-state index < -0.39 is 29.2 Å². The number of halogens is 6. The van der Waals surface area contributed by atoms with Crippen molar-refractivity contribution in [1.29, 1.82) is 0 Å². The fourth-order valence-corrected chi connectivity index (χ4v) is 4.33. The summed E-state index contributed by atoms with van der Waals surface area (Å²) in [5, 5.41) is 11.9. The SMILES string of the molecule is O=C([O-])c1cc(C(F)(F)F)cc(C2=C(c3cc(Cl)ccc3OCc3ccc(F)cc3Cl)CCC2)n1.[Na+]. The molecule has 2 aromatic carbocycles. The van der Waals surface area contributed by atoms with Crippen LogP contribution in [-0.4, -0.2) is 11.0 Å². The summed E-state index contributed by atoms with van der Waals surface area (Å²) in [7, 11) is 0. The van der Waals surface area contributed by atoms with Gasteiger partial charge in [-0.3, -0.25) is 0 Å². The third-order valence-electron chi connectivity index (χ3n) is 5.55. The Morgan fingerprint density at radius 3 is 2.42 bits per heavy atom. The molecule has 4 nitrogen and oxygen atoms in total. The fourth-order valence-electron chi connectivity index (χ4n) is 3.94. The number of ether oxygens (including phenoxy) is 1. The van der Waals surface area contributed by atoms with Crippen LogP contribution in [-0.2, 0) is 12.8 Å². The van der Waals surface area contributed by atoms with Crippen molar-refractivity contribution in [3.05, 3.63) is 92.5 Å².